The van der Waals surface area contributed by atoms with Crippen molar-refractivity contribution < 1.29 is 0 Å². The first-order valence-corrected chi connectivity index (χ1v) is 7.50. The number of aromatic nitrogens is 1. The number of thiazole rings is 1. The van der Waals surface area contributed by atoms with E-state index >= 15 is 0 Å². The first-order valence-electron chi connectivity index (χ1n) is 6.69. The third-order valence-electron chi connectivity index (χ3n) is 2.93. The molecule has 0 bridgehead atoms. The summed E-state index contributed by atoms with van der Waals surface area (Å²) < 4.78 is 1.30. The van der Waals surface area contributed by atoms with Gasteiger partial charge in [0.15, 0.2) is 0 Å². The monoisotopic (exact) mass is 262 g/mol. The average molecular weight is 262 g/mol. The van der Waals surface area contributed by atoms with E-state index in [1.165, 1.54) is 15.3 Å². The van der Waals surface area contributed by atoms with E-state index in [2.05, 4.69) is 51.2 Å². The van der Waals surface area contributed by atoms with Gasteiger partial charge in [-0.15, -0.1) is 11.3 Å². The molecule has 1 aromatic carbocycles. The third-order valence-corrected chi connectivity index (χ3v) is 4.27. The quantitative estimate of drug-likeness (QED) is 0.882. The highest BCUT2D eigenvalue weighted by atomic mass is 32.1. The molecule has 0 spiro atoms. The lowest BCUT2D eigenvalue weighted by Gasteiger charge is -2.07. The van der Waals surface area contributed by atoms with E-state index in [0.29, 0.717) is 12.0 Å². The molecular formula is C15H22N2S. The molecule has 1 aromatic heterocycles. The van der Waals surface area contributed by atoms with E-state index in [4.69, 9.17) is 4.98 Å². The second kappa shape index (κ2) is 5.81. The molecule has 0 radical (unpaired) electrons. The van der Waals surface area contributed by atoms with Crippen LogP contribution in [0, 0.1) is 0 Å². The Balaban J connectivity index is 2.11. The Labute approximate surface area is 113 Å². The van der Waals surface area contributed by atoms with Gasteiger partial charge in [-0.25, -0.2) is 4.98 Å². The Bertz CT molecular complexity index is 514. The molecule has 0 fully saturated rings. The fraction of sp³-hybridized carbons (Fsp3) is 0.533. The van der Waals surface area contributed by atoms with Gasteiger partial charge in [0, 0.05) is 12.0 Å². The third kappa shape index (κ3) is 3.30. The van der Waals surface area contributed by atoms with Crippen LogP contribution >= 0.6 is 11.3 Å². The molecule has 0 aliphatic rings. The van der Waals surface area contributed by atoms with Gasteiger partial charge in [-0.2, -0.15) is 0 Å². The van der Waals surface area contributed by atoms with Crippen LogP contribution < -0.4 is 5.32 Å². The smallest absolute Gasteiger partial charge is 0.0963 e. The molecule has 0 aliphatic carbocycles. The zero-order valence-corrected chi connectivity index (χ0v) is 12.5. The van der Waals surface area contributed by atoms with Gasteiger partial charge in [0.2, 0.25) is 0 Å². The van der Waals surface area contributed by atoms with Crippen molar-refractivity contribution in [3.05, 3.63) is 28.8 Å². The second-order valence-corrected chi connectivity index (χ2v) is 6.43. The Hall–Kier alpha value is -0.930. The van der Waals surface area contributed by atoms with Gasteiger partial charge in [-0.1, -0.05) is 33.8 Å². The van der Waals surface area contributed by atoms with Crippen LogP contribution in [-0.2, 0) is 6.42 Å². The van der Waals surface area contributed by atoms with Crippen LogP contribution in [0.25, 0.3) is 10.2 Å². The minimum Gasteiger partial charge on any atom is -0.314 e. The maximum Gasteiger partial charge on any atom is 0.0963 e. The molecule has 2 aromatic rings. The van der Waals surface area contributed by atoms with Crippen LogP contribution in [0.3, 0.4) is 0 Å². The number of rotatable bonds is 5. The van der Waals surface area contributed by atoms with E-state index in [-0.39, 0.29) is 0 Å². The highest BCUT2D eigenvalue weighted by Crippen LogP contribution is 2.27. The molecule has 0 amide bonds. The molecule has 98 valence electrons. The maximum atomic E-state index is 4.71. The standard InChI is InChI=1S/C15H22N2S/c1-10(2)15-17-13-9-12(5-6-14(13)18-15)7-8-16-11(3)4/h5-6,9-11,16H,7-8H2,1-4H3. The summed E-state index contributed by atoms with van der Waals surface area (Å²) in [5.74, 6) is 0.522. The predicted octanol–water partition coefficient (Wildman–Crippen LogP) is 3.96. The minimum absolute atomic E-state index is 0.522. The van der Waals surface area contributed by atoms with Crippen molar-refractivity contribution in [3.63, 3.8) is 0 Å². The van der Waals surface area contributed by atoms with Gasteiger partial charge < -0.3 is 5.32 Å². The second-order valence-electron chi connectivity index (χ2n) is 5.37. The lowest BCUT2D eigenvalue weighted by atomic mass is 10.1. The molecule has 0 aliphatic heterocycles. The molecule has 0 unspecified atom stereocenters. The number of fused-ring (bicyclic) bond motifs is 1. The van der Waals surface area contributed by atoms with E-state index in [1.807, 2.05) is 11.3 Å². The summed E-state index contributed by atoms with van der Waals surface area (Å²) >= 11 is 1.82. The zero-order valence-electron chi connectivity index (χ0n) is 11.7. The molecule has 0 atom stereocenters. The summed E-state index contributed by atoms with van der Waals surface area (Å²) in [6, 6.07) is 7.23. The summed E-state index contributed by atoms with van der Waals surface area (Å²) in [5, 5.41) is 4.69. The van der Waals surface area contributed by atoms with Crippen LogP contribution in [0.1, 0.15) is 44.2 Å². The molecule has 0 saturated heterocycles. The first kappa shape index (κ1) is 13.5. The predicted molar refractivity (Wildman–Crippen MR) is 80.6 cm³/mol. The highest BCUT2D eigenvalue weighted by molar-refractivity contribution is 7.18. The zero-order chi connectivity index (χ0) is 13.1. The van der Waals surface area contributed by atoms with Gasteiger partial charge in [0.1, 0.15) is 0 Å². The molecule has 18 heavy (non-hydrogen) atoms. The number of hydrogen-bond donors (Lipinski definition) is 1. The van der Waals surface area contributed by atoms with Gasteiger partial charge >= 0.3 is 0 Å². The number of benzene rings is 1. The van der Waals surface area contributed by atoms with E-state index in [9.17, 15) is 0 Å². The Morgan fingerprint density at radius 2 is 2.00 bits per heavy atom. The number of nitrogens with one attached hydrogen (secondary N) is 1. The lowest BCUT2D eigenvalue weighted by molar-refractivity contribution is 0.590. The van der Waals surface area contributed by atoms with Crippen molar-refractivity contribution in [1.29, 1.82) is 0 Å². The fourth-order valence-electron chi connectivity index (χ4n) is 1.90. The van der Waals surface area contributed by atoms with Crippen molar-refractivity contribution in [1.82, 2.24) is 10.3 Å². The van der Waals surface area contributed by atoms with Crippen LogP contribution in [0.4, 0.5) is 0 Å². The Morgan fingerprint density at radius 3 is 2.67 bits per heavy atom. The SMILES string of the molecule is CC(C)NCCc1ccc2sc(C(C)C)nc2c1. The maximum absolute atomic E-state index is 4.71. The Kier molecular flexibility index (Phi) is 4.36. The van der Waals surface area contributed by atoms with Crippen molar-refractivity contribution >= 4 is 21.6 Å². The molecule has 2 rings (SSSR count). The molecule has 3 heteroatoms. The average Bonchev–Trinajstić information content (AvgIpc) is 2.71. The summed E-state index contributed by atoms with van der Waals surface area (Å²) in [5.41, 5.74) is 2.53. The topological polar surface area (TPSA) is 24.9 Å². The van der Waals surface area contributed by atoms with Crippen molar-refractivity contribution in [3.8, 4) is 0 Å². The van der Waals surface area contributed by atoms with Gasteiger partial charge in [-0.3, -0.25) is 0 Å². The van der Waals surface area contributed by atoms with Gasteiger partial charge in [0.25, 0.3) is 0 Å². The molecular weight excluding hydrogens is 240 g/mol. The van der Waals surface area contributed by atoms with Crippen LogP contribution in [0.15, 0.2) is 18.2 Å². The summed E-state index contributed by atoms with van der Waals surface area (Å²) in [6.45, 7) is 9.79. The lowest BCUT2D eigenvalue weighted by Crippen LogP contribution is -2.24. The molecule has 1 heterocycles. The molecule has 2 nitrogen and oxygen atoms in total. The number of nitrogens with zero attached hydrogens (tertiary/aromatic N) is 1. The van der Waals surface area contributed by atoms with Gasteiger partial charge in [-0.05, 0) is 30.7 Å². The number of hydrogen-bond acceptors (Lipinski definition) is 3. The normalized spacial score (nSPS) is 11.9. The van der Waals surface area contributed by atoms with Crippen molar-refractivity contribution in [2.75, 3.05) is 6.54 Å². The van der Waals surface area contributed by atoms with E-state index < -0.39 is 0 Å². The molecule has 1 N–H and O–H groups in total. The Morgan fingerprint density at radius 1 is 1.22 bits per heavy atom. The van der Waals surface area contributed by atoms with Crippen LogP contribution in [0.5, 0.6) is 0 Å². The van der Waals surface area contributed by atoms with Crippen molar-refractivity contribution in [2.45, 2.75) is 46.1 Å². The first-order chi connectivity index (χ1) is 8.56. The summed E-state index contributed by atoms with van der Waals surface area (Å²) in [4.78, 5) is 4.71. The van der Waals surface area contributed by atoms with Crippen molar-refractivity contribution in [2.24, 2.45) is 0 Å². The van der Waals surface area contributed by atoms with E-state index in [1.54, 1.807) is 0 Å². The summed E-state index contributed by atoms with van der Waals surface area (Å²) in [7, 11) is 0. The minimum atomic E-state index is 0.522. The van der Waals surface area contributed by atoms with Gasteiger partial charge in [0.05, 0.1) is 15.2 Å². The largest absolute Gasteiger partial charge is 0.314 e. The van der Waals surface area contributed by atoms with E-state index in [0.717, 1.165) is 18.5 Å². The summed E-state index contributed by atoms with van der Waals surface area (Å²) in [6.07, 6.45) is 1.07. The van der Waals surface area contributed by atoms with Crippen LogP contribution in [0.2, 0.25) is 0 Å². The highest BCUT2D eigenvalue weighted by Gasteiger charge is 2.07. The molecule has 0 saturated carbocycles. The van der Waals surface area contributed by atoms with Crippen LogP contribution in [-0.4, -0.2) is 17.6 Å². The fourth-order valence-corrected chi connectivity index (χ4v) is 2.85.